The van der Waals surface area contributed by atoms with Gasteiger partial charge in [0.05, 0.1) is 18.5 Å². The van der Waals surface area contributed by atoms with Gasteiger partial charge in [0.2, 0.25) is 0 Å². The maximum absolute atomic E-state index is 9.00. The lowest BCUT2D eigenvalue weighted by molar-refractivity contribution is 0.271. The second-order valence-electron chi connectivity index (χ2n) is 2.90. The van der Waals surface area contributed by atoms with E-state index in [-0.39, 0.29) is 6.61 Å². The molecule has 2 aromatic rings. The molecule has 2 aromatic heterocycles. The minimum Gasteiger partial charge on any atom is -0.390 e. The fourth-order valence-electron chi connectivity index (χ4n) is 1.10. The van der Waals surface area contributed by atoms with Gasteiger partial charge >= 0.3 is 0 Å². The summed E-state index contributed by atoms with van der Waals surface area (Å²) in [5.41, 5.74) is 0.784. The van der Waals surface area contributed by atoms with E-state index in [0.717, 1.165) is 15.9 Å². The largest absolute Gasteiger partial charge is 0.390 e. The summed E-state index contributed by atoms with van der Waals surface area (Å²) >= 11 is 1.44. The number of rotatable bonds is 3. The van der Waals surface area contributed by atoms with E-state index in [1.165, 1.54) is 18.1 Å². The molecule has 78 valence electrons. The van der Waals surface area contributed by atoms with Gasteiger partial charge in [-0.1, -0.05) is 0 Å². The molecular formula is C9H10N4OS. The summed E-state index contributed by atoms with van der Waals surface area (Å²) in [4.78, 5) is 12.1. The highest BCUT2D eigenvalue weighted by atomic mass is 32.2. The maximum Gasteiger partial charge on any atom is 0.174 e. The molecule has 0 radical (unpaired) electrons. The van der Waals surface area contributed by atoms with Crippen molar-refractivity contribution in [1.82, 2.24) is 19.5 Å². The molecule has 0 aliphatic rings. The summed E-state index contributed by atoms with van der Waals surface area (Å²) in [5, 5.41) is 10.6. The van der Waals surface area contributed by atoms with Crippen LogP contribution in [0.15, 0.2) is 35.0 Å². The number of aliphatic hydroxyl groups excluding tert-OH is 1. The molecule has 0 amide bonds. The number of imidazole rings is 1. The van der Waals surface area contributed by atoms with Gasteiger partial charge < -0.3 is 9.67 Å². The third-order valence-corrected chi connectivity index (χ3v) is 2.97. The first-order valence-electron chi connectivity index (χ1n) is 4.36. The minimum atomic E-state index is -0.00612. The Balaban J connectivity index is 2.21. The summed E-state index contributed by atoms with van der Waals surface area (Å²) in [6, 6.07) is 1.82. The number of aromatic nitrogens is 4. The van der Waals surface area contributed by atoms with Crippen molar-refractivity contribution in [2.75, 3.05) is 0 Å². The zero-order chi connectivity index (χ0) is 10.7. The van der Waals surface area contributed by atoms with Crippen molar-refractivity contribution >= 4 is 11.8 Å². The molecule has 0 atom stereocenters. The van der Waals surface area contributed by atoms with Gasteiger partial charge in [0, 0.05) is 13.2 Å². The fourth-order valence-corrected chi connectivity index (χ4v) is 1.88. The lowest BCUT2D eigenvalue weighted by Gasteiger charge is -2.02. The van der Waals surface area contributed by atoms with Crippen LogP contribution in [0, 0.1) is 0 Å². The van der Waals surface area contributed by atoms with Crippen molar-refractivity contribution in [2.45, 2.75) is 16.8 Å². The van der Waals surface area contributed by atoms with Crippen molar-refractivity contribution in [3.63, 3.8) is 0 Å². The van der Waals surface area contributed by atoms with Crippen molar-refractivity contribution in [3.8, 4) is 0 Å². The Labute approximate surface area is 91.2 Å². The quantitative estimate of drug-likeness (QED) is 0.780. The highest BCUT2D eigenvalue weighted by Gasteiger charge is 2.07. The van der Waals surface area contributed by atoms with E-state index in [4.69, 9.17) is 5.11 Å². The van der Waals surface area contributed by atoms with Crippen LogP contribution in [0.25, 0.3) is 0 Å². The van der Waals surface area contributed by atoms with Crippen molar-refractivity contribution < 1.29 is 5.11 Å². The summed E-state index contributed by atoms with van der Waals surface area (Å²) in [6.45, 7) is -0.00612. The highest BCUT2D eigenvalue weighted by Crippen LogP contribution is 2.24. The van der Waals surface area contributed by atoms with Crippen LogP contribution in [0.4, 0.5) is 0 Å². The molecule has 0 aliphatic carbocycles. The van der Waals surface area contributed by atoms with Crippen LogP contribution < -0.4 is 0 Å². The smallest absolute Gasteiger partial charge is 0.174 e. The van der Waals surface area contributed by atoms with Gasteiger partial charge in [0.15, 0.2) is 5.16 Å². The highest BCUT2D eigenvalue weighted by molar-refractivity contribution is 7.99. The van der Waals surface area contributed by atoms with Gasteiger partial charge in [-0.2, -0.15) is 0 Å². The van der Waals surface area contributed by atoms with Gasteiger partial charge in [-0.05, 0) is 17.8 Å². The van der Waals surface area contributed by atoms with Crippen LogP contribution in [0.3, 0.4) is 0 Å². The molecule has 2 rings (SSSR count). The molecule has 0 spiro atoms. The molecule has 5 nitrogen and oxygen atoms in total. The fraction of sp³-hybridized carbons (Fsp3) is 0.222. The van der Waals surface area contributed by atoms with Gasteiger partial charge in [-0.25, -0.2) is 15.0 Å². The second kappa shape index (κ2) is 4.41. The third-order valence-electron chi connectivity index (χ3n) is 1.95. The monoisotopic (exact) mass is 222 g/mol. The zero-order valence-electron chi connectivity index (χ0n) is 8.16. The summed E-state index contributed by atoms with van der Waals surface area (Å²) in [5.74, 6) is 0. The van der Waals surface area contributed by atoms with Crippen molar-refractivity contribution in [3.05, 3.63) is 30.5 Å². The third kappa shape index (κ3) is 2.16. The zero-order valence-corrected chi connectivity index (χ0v) is 8.98. The molecule has 1 N–H and O–H groups in total. The molecule has 0 fully saturated rings. The average Bonchev–Trinajstić information content (AvgIpc) is 2.62. The summed E-state index contributed by atoms with van der Waals surface area (Å²) in [7, 11) is 1.86. The van der Waals surface area contributed by atoms with Crippen LogP contribution >= 0.6 is 11.8 Å². The van der Waals surface area contributed by atoms with Crippen LogP contribution in [0.2, 0.25) is 0 Å². The molecule has 2 heterocycles. The van der Waals surface area contributed by atoms with Crippen LogP contribution in [0.5, 0.6) is 0 Å². The Morgan fingerprint density at radius 2 is 2.33 bits per heavy atom. The van der Waals surface area contributed by atoms with Crippen molar-refractivity contribution in [1.29, 1.82) is 0 Å². The van der Waals surface area contributed by atoms with E-state index in [0.29, 0.717) is 0 Å². The standard InChI is InChI=1S/C9H10N4OS/c1-13-7(5-14)4-11-9(13)15-8-2-3-10-6-12-8/h2-4,6,14H,5H2,1H3. The van der Waals surface area contributed by atoms with E-state index in [2.05, 4.69) is 15.0 Å². The summed E-state index contributed by atoms with van der Waals surface area (Å²) in [6.07, 6.45) is 4.84. The molecule has 0 aromatic carbocycles. The minimum absolute atomic E-state index is 0.00612. The predicted octanol–water partition coefficient (Wildman–Crippen LogP) is 0.854. The van der Waals surface area contributed by atoms with Crippen LogP contribution in [0.1, 0.15) is 5.69 Å². The maximum atomic E-state index is 9.00. The van der Waals surface area contributed by atoms with E-state index >= 15 is 0 Å². The Bertz CT molecular complexity index is 443. The summed E-state index contributed by atoms with van der Waals surface area (Å²) < 4.78 is 1.84. The second-order valence-corrected chi connectivity index (χ2v) is 3.89. The first kappa shape index (κ1) is 10.1. The Kier molecular flexibility index (Phi) is 2.98. The molecule has 0 saturated carbocycles. The number of hydrogen-bond donors (Lipinski definition) is 1. The molecule has 0 saturated heterocycles. The first-order valence-corrected chi connectivity index (χ1v) is 5.18. The van der Waals surface area contributed by atoms with Crippen LogP contribution in [-0.2, 0) is 13.7 Å². The van der Waals surface area contributed by atoms with Gasteiger partial charge in [-0.15, -0.1) is 0 Å². The van der Waals surface area contributed by atoms with Gasteiger partial charge in [0.25, 0.3) is 0 Å². The Morgan fingerprint density at radius 1 is 1.47 bits per heavy atom. The molecular weight excluding hydrogens is 212 g/mol. The Hall–Kier alpha value is -1.40. The van der Waals surface area contributed by atoms with Crippen LogP contribution in [-0.4, -0.2) is 24.6 Å². The van der Waals surface area contributed by atoms with E-state index in [1.54, 1.807) is 12.4 Å². The molecule has 0 bridgehead atoms. The first-order chi connectivity index (χ1) is 7.31. The molecule has 15 heavy (non-hydrogen) atoms. The molecule has 0 aliphatic heterocycles. The van der Waals surface area contributed by atoms with Gasteiger partial charge in [0.1, 0.15) is 11.4 Å². The predicted molar refractivity (Wildman–Crippen MR) is 55.3 cm³/mol. The van der Waals surface area contributed by atoms with E-state index in [1.807, 2.05) is 17.7 Å². The lowest BCUT2D eigenvalue weighted by atomic mass is 10.5. The normalized spacial score (nSPS) is 10.5. The molecule has 6 heteroatoms. The molecule has 0 unspecified atom stereocenters. The average molecular weight is 222 g/mol. The van der Waals surface area contributed by atoms with Crippen molar-refractivity contribution in [2.24, 2.45) is 7.05 Å². The number of nitrogens with zero attached hydrogens (tertiary/aromatic N) is 4. The Morgan fingerprint density at radius 3 is 2.93 bits per heavy atom. The lowest BCUT2D eigenvalue weighted by Crippen LogP contribution is -1.97. The van der Waals surface area contributed by atoms with E-state index in [9.17, 15) is 0 Å². The number of hydrogen-bond acceptors (Lipinski definition) is 5. The topological polar surface area (TPSA) is 63.8 Å². The number of aliphatic hydroxyl groups is 1. The SMILES string of the molecule is Cn1c(CO)cnc1Sc1ccncn1. The van der Waals surface area contributed by atoms with E-state index < -0.39 is 0 Å². The van der Waals surface area contributed by atoms with Gasteiger partial charge in [-0.3, -0.25) is 0 Å².